The molecule has 2 heterocycles. The molecule has 0 saturated carbocycles. The molecule has 1 aromatic carbocycles. The number of amides is 1. The van der Waals surface area contributed by atoms with Crippen molar-refractivity contribution in [3.05, 3.63) is 46.9 Å². The molecule has 2 aromatic rings. The smallest absolute Gasteiger partial charge is 0.253 e. The van der Waals surface area contributed by atoms with E-state index < -0.39 is 0 Å². The molecular weight excluding hydrogens is 285 g/mol. The summed E-state index contributed by atoms with van der Waals surface area (Å²) in [5.41, 5.74) is 7.99. The van der Waals surface area contributed by atoms with Crippen molar-refractivity contribution in [2.45, 2.75) is 25.7 Å². The van der Waals surface area contributed by atoms with Gasteiger partial charge in [-0.1, -0.05) is 5.16 Å². The molecule has 0 aliphatic carbocycles. The van der Waals surface area contributed by atoms with Gasteiger partial charge in [0.25, 0.3) is 5.91 Å². The van der Waals surface area contributed by atoms with Crippen molar-refractivity contribution in [3.8, 4) is 0 Å². The first-order valence-corrected chi connectivity index (χ1v) is 7.32. The van der Waals surface area contributed by atoms with Gasteiger partial charge in [-0.15, -0.1) is 0 Å². The van der Waals surface area contributed by atoms with Crippen LogP contribution in [0.1, 0.15) is 40.4 Å². The summed E-state index contributed by atoms with van der Waals surface area (Å²) in [7, 11) is 0. The summed E-state index contributed by atoms with van der Waals surface area (Å²) < 4.78 is 17.9. The largest absolute Gasteiger partial charge is 0.367 e. The van der Waals surface area contributed by atoms with Gasteiger partial charge in [-0.3, -0.25) is 4.79 Å². The minimum atomic E-state index is -0.339. The molecule has 3 rings (SSSR count). The SMILES string of the molecule is Cc1c(C2CCN(C(=O)c3ccc(F)cc3)CC2)noc1N. The van der Waals surface area contributed by atoms with Gasteiger partial charge in [0.05, 0.1) is 5.69 Å². The maximum atomic E-state index is 12.9. The molecule has 1 aliphatic heterocycles. The molecule has 0 atom stereocenters. The van der Waals surface area contributed by atoms with E-state index in [1.54, 1.807) is 4.90 Å². The molecule has 0 spiro atoms. The number of hydrogen-bond acceptors (Lipinski definition) is 4. The highest BCUT2D eigenvalue weighted by molar-refractivity contribution is 5.94. The van der Waals surface area contributed by atoms with Crippen LogP contribution in [-0.2, 0) is 0 Å². The second-order valence-electron chi connectivity index (χ2n) is 5.63. The molecule has 0 unspecified atom stereocenters. The molecule has 2 N–H and O–H groups in total. The van der Waals surface area contributed by atoms with Gasteiger partial charge in [0.2, 0.25) is 5.88 Å². The Bertz CT molecular complexity index is 673. The molecule has 5 nitrogen and oxygen atoms in total. The van der Waals surface area contributed by atoms with Crippen LogP contribution in [0.4, 0.5) is 10.3 Å². The third-order valence-electron chi connectivity index (χ3n) is 4.26. The van der Waals surface area contributed by atoms with E-state index in [0.29, 0.717) is 24.5 Å². The third-order valence-corrected chi connectivity index (χ3v) is 4.26. The van der Waals surface area contributed by atoms with Crippen molar-refractivity contribution < 1.29 is 13.7 Å². The van der Waals surface area contributed by atoms with Crippen molar-refractivity contribution in [2.75, 3.05) is 18.8 Å². The van der Waals surface area contributed by atoms with E-state index in [0.717, 1.165) is 24.1 Å². The number of piperidine rings is 1. The van der Waals surface area contributed by atoms with Gasteiger partial charge in [0.15, 0.2) is 0 Å². The molecular formula is C16H18FN3O2. The number of halogens is 1. The summed E-state index contributed by atoms with van der Waals surface area (Å²) in [6.45, 7) is 3.19. The van der Waals surface area contributed by atoms with Crippen LogP contribution in [0.25, 0.3) is 0 Å². The number of nitrogens with zero attached hydrogens (tertiary/aromatic N) is 2. The Morgan fingerprint density at radius 1 is 1.32 bits per heavy atom. The molecule has 1 aromatic heterocycles. The lowest BCUT2D eigenvalue weighted by atomic mass is 9.91. The predicted molar refractivity (Wildman–Crippen MR) is 79.9 cm³/mol. The van der Waals surface area contributed by atoms with Gasteiger partial charge >= 0.3 is 0 Å². The van der Waals surface area contributed by atoms with Crippen molar-refractivity contribution in [3.63, 3.8) is 0 Å². The normalized spacial score (nSPS) is 16.0. The van der Waals surface area contributed by atoms with Crippen LogP contribution in [0.3, 0.4) is 0 Å². The van der Waals surface area contributed by atoms with E-state index >= 15 is 0 Å². The number of rotatable bonds is 2. The maximum absolute atomic E-state index is 12.9. The first kappa shape index (κ1) is 14.6. The van der Waals surface area contributed by atoms with E-state index in [-0.39, 0.29) is 17.6 Å². The fraction of sp³-hybridized carbons (Fsp3) is 0.375. The molecule has 1 amide bonds. The summed E-state index contributed by atoms with van der Waals surface area (Å²) in [5, 5.41) is 4.03. The van der Waals surface area contributed by atoms with Gasteiger partial charge in [-0.2, -0.15) is 0 Å². The average Bonchev–Trinajstić information content (AvgIpc) is 2.87. The zero-order chi connectivity index (χ0) is 15.7. The van der Waals surface area contributed by atoms with Crippen LogP contribution in [0.2, 0.25) is 0 Å². The van der Waals surface area contributed by atoms with E-state index in [9.17, 15) is 9.18 Å². The standard InChI is InChI=1S/C16H18FN3O2/c1-10-14(19-22-15(10)18)11-6-8-20(9-7-11)16(21)12-2-4-13(17)5-3-12/h2-5,11H,6-9,18H2,1H3. The highest BCUT2D eigenvalue weighted by Gasteiger charge is 2.28. The number of hydrogen-bond donors (Lipinski definition) is 1. The number of anilines is 1. The zero-order valence-corrected chi connectivity index (χ0v) is 12.4. The summed E-state index contributed by atoms with van der Waals surface area (Å²) in [4.78, 5) is 14.2. The monoisotopic (exact) mass is 303 g/mol. The van der Waals surface area contributed by atoms with E-state index in [1.807, 2.05) is 6.92 Å². The van der Waals surface area contributed by atoms with Crippen LogP contribution in [0, 0.1) is 12.7 Å². The number of benzene rings is 1. The summed E-state index contributed by atoms with van der Waals surface area (Å²) in [6.07, 6.45) is 1.64. The van der Waals surface area contributed by atoms with Crippen molar-refractivity contribution in [1.82, 2.24) is 10.1 Å². The Morgan fingerprint density at radius 2 is 1.95 bits per heavy atom. The second-order valence-corrected chi connectivity index (χ2v) is 5.63. The number of nitrogen functional groups attached to an aromatic ring is 1. The van der Waals surface area contributed by atoms with Crippen LogP contribution in [0.5, 0.6) is 0 Å². The third kappa shape index (κ3) is 2.68. The molecule has 1 aliphatic rings. The number of carbonyl (C=O) groups is 1. The Balaban J connectivity index is 1.65. The van der Waals surface area contributed by atoms with E-state index in [4.69, 9.17) is 10.3 Å². The quantitative estimate of drug-likeness (QED) is 0.926. The number of likely N-dealkylation sites (tertiary alicyclic amines) is 1. The van der Waals surface area contributed by atoms with Crippen LogP contribution in [0.15, 0.2) is 28.8 Å². The number of carbonyl (C=O) groups excluding carboxylic acids is 1. The van der Waals surface area contributed by atoms with Crippen molar-refractivity contribution in [1.29, 1.82) is 0 Å². The molecule has 0 radical (unpaired) electrons. The first-order valence-electron chi connectivity index (χ1n) is 7.32. The second kappa shape index (κ2) is 5.79. The minimum absolute atomic E-state index is 0.0603. The summed E-state index contributed by atoms with van der Waals surface area (Å²) in [5.74, 6) is 0.224. The highest BCUT2D eigenvalue weighted by Crippen LogP contribution is 2.31. The van der Waals surface area contributed by atoms with Crippen molar-refractivity contribution in [2.24, 2.45) is 0 Å². The summed E-state index contributed by atoms with van der Waals surface area (Å²) >= 11 is 0. The van der Waals surface area contributed by atoms with Crippen LogP contribution in [-0.4, -0.2) is 29.1 Å². The molecule has 22 heavy (non-hydrogen) atoms. The lowest BCUT2D eigenvalue weighted by Crippen LogP contribution is -2.38. The van der Waals surface area contributed by atoms with Gasteiger partial charge in [0.1, 0.15) is 5.82 Å². The van der Waals surface area contributed by atoms with E-state index in [1.165, 1.54) is 24.3 Å². The minimum Gasteiger partial charge on any atom is -0.367 e. The Kier molecular flexibility index (Phi) is 3.83. The van der Waals surface area contributed by atoms with Gasteiger partial charge in [-0.05, 0) is 44.0 Å². The van der Waals surface area contributed by atoms with Crippen LogP contribution >= 0.6 is 0 Å². The van der Waals surface area contributed by atoms with Gasteiger partial charge in [-0.25, -0.2) is 4.39 Å². The number of aromatic nitrogens is 1. The maximum Gasteiger partial charge on any atom is 0.253 e. The Morgan fingerprint density at radius 3 is 2.50 bits per heavy atom. The fourth-order valence-electron chi connectivity index (χ4n) is 2.87. The lowest BCUT2D eigenvalue weighted by Gasteiger charge is -2.31. The average molecular weight is 303 g/mol. The van der Waals surface area contributed by atoms with Gasteiger partial charge < -0.3 is 15.2 Å². The highest BCUT2D eigenvalue weighted by atomic mass is 19.1. The molecule has 116 valence electrons. The predicted octanol–water partition coefficient (Wildman–Crippen LogP) is 2.72. The number of nitrogens with two attached hydrogens (primary N) is 1. The Labute approximate surface area is 127 Å². The Hall–Kier alpha value is -2.37. The molecule has 1 saturated heterocycles. The van der Waals surface area contributed by atoms with Crippen molar-refractivity contribution >= 4 is 11.8 Å². The van der Waals surface area contributed by atoms with Crippen LogP contribution < -0.4 is 5.73 Å². The zero-order valence-electron chi connectivity index (χ0n) is 12.4. The molecule has 6 heteroatoms. The summed E-state index contributed by atoms with van der Waals surface area (Å²) in [6, 6.07) is 5.65. The lowest BCUT2D eigenvalue weighted by molar-refractivity contribution is 0.0711. The fourth-order valence-corrected chi connectivity index (χ4v) is 2.87. The molecule has 1 fully saturated rings. The van der Waals surface area contributed by atoms with Gasteiger partial charge in [0, 0.05) is 30.1 Å². The first-order chi connectivity index (χ1) is 10.6. The van der Waals surface area contributed by atoms with E-state index in [2.05, 4.69) is 5.16 Å². The molecule has 0 bridgehead atoms. The topological polar surface area (TPSA) is 72.4 Å².